The van der Waals surface area contributed by atoms with Gasteiger partial charge in [0.05, 0.1) is 11.2 Å². The minimum atomic E-state index is -0.145. The molecule has 5 heteroatoms. The summed E-state index contributed by atoms with van der Waals surface area (Å²) < 4.78 is 0. The van der Waals surface area contributed by atoms with Crippen LogP contribution in [0.15, 0.2) is 152 Å². The number of pyridine rings is 1. The quantitative estimate of drug-likeness (QED) is 0.165. The molecule has 1 aliphatic carbocycles. The van der Waals surface area contributed by atoms with Crippen LogP contribution in [-0.2, 0) is 16.2 Å². The van der Waals surface area contributed by atoms with Gasteiger partial charge in [0.15, 0.2) is 0 Å². The van der Waals surface area contributed by atoms with E-state index in [-0.39, 0.29) is 28.5 Å². The van der Waals surface area contributed by atoms with Crippen LogP contribution in [0, 0.1) is 0 Å². The van der Waals surface area contributed by atoms with Gasteiger partial charge in [-0.05, 0) is 136 Å². The average molecular weight is 809 g/mol. The van der Waals surface area contributed by atoms with E-state index in [1.54, 1.807) is 0 Å². The summed E-state index contributed by atoms with van der Waals surface area (Å²) in [7, 11) is 0. The topological polar surface area (TPSA) is 22.6 Å². The molecule has 6 aromatic carbocycles. The number of hydrogen-bond acceptors (Lipinski definition) is 4. The molecule has 4 nitrogen and oxygen atoms in total. The summed E-state index contributed by atoms with van der Waals surface area (Å²) >= 11 is 0. The van der Waals surface area contributed by atoms with Gasteiger partial charge in [-0.1, -0.05) is 134 Å². The fraction of sp³-hybridized carbons (Fsp3) is 0.281. The molecule has 308 valence electrons. The van der Waals surface area contributed by atoms with Crippen molar-refractivity contribution in [1.29, 1.82) is 0 Å². The lowest BCUT2D eigenvalue weighted by molar-refractivity contribution is 0.195. The maximum Gasteiger partial charge on any atom is 0.252 e. The second-order valence-corrected chi connectivity index (χ2v) is 20.8. The third kappa shape index (κ3) is 5.69. The Labute approximate surface area is 369 Å². The first-order chi connectivity index (χ1) is 29.8. The van der Waals surface area contributed by atoms with E-state index in [9.17, 15) is 0 Å². The lowest BCUT2D eigenvalue weighted by Crippen LogP contribution is -2.61. The second-order valence-electron chi connectivity index (χ2n) is 20.8. The van der Waals surface area contributed by atoms with Crippen LogP contribution in [0.3, 0.4) is 0 Å². The van der Waals surface area contributed by atoms with Crippen molar-refractivity contribution in [3.63, 3.8) is 0 Å². The molecule has 0 saturated heterocycles. The van der Waals surface area contributed by atoms with Crippen LogP contribution in [0.5, 0.6) is 0 Å². The maximum atomic E-state index is 4.80. The zero-order valence-corrected chi connectivity index (χ0v) is 37.6. The Bertz CT molecular complexity index is 2870. The first-order valence-corrected chi connectivity index (χ1v) is 22.8. The molecule has 0 amide bonds. The molecular weight excluding hydrogens is 751 g/mol. The second kappa shape index (κ2) is 13.7. The van der Waals surface area contributed by atoms with Crippen molar-refractivity contribution in [3.05, 3.63) is 168 Å². The molecule has 3 aliphatic heterocycles. The number of aromatic nitrogens is 1. The molecule has 0 spiro atoms. The highest BCUT2D eigenvalue weighted by atomic mass is 15.3. The van der Waals surface area contributed by atoms with Gasteiger partial charge in [0, 0.05) is 62.7 Å². The van der Waals surface area contributed by atoms with Crippen molar-refractivity contribution in [1.82, 2.24) is 4.98 Å². The summed E-state index contributed by atoms with van der Waals surface area (Å²) in [5.74, 6) is 0. The van der Waals surface area contributed by atoms with Crippen molar-refractivity contribution >= 4 is 68.6 Å². The first kappa shape index (κ1) is 38.8. The van der Waals surface area contributed by atoms with Gasteiger partial charge in [0.1, 0.15) is 0 Å². The number of hydrogen-bond donors (Lipinski definition) is 0. The van der Waals surface area contributed by atoms with Crippen molar-refractivity contribution in [3.8, 4) is 11.3 Å². The van der Waals surface area contributed by atoms with Gasteiger partial charge in [0.25, 0.3) is 6.71 Å². The molecule has 7 aromatic rings. The smallest absolute Gasteiger partial charge is 0.252 e. The number of benzene rings is 6. The Morgan fingerprint density at radius 1 is 0.516 bits per heavy atom. The van der Waals surface area contributed by atoms with Crippen molar-refractivity contribution in [2.45, 2.75) is 103 Å². The fourth-order valence-corrected chi connectivity index (χ4v) is 11.6. The number of para-hydroxylation sites is 2. The number of nitrogens with zero attached hydrogens (tertiary/aromatic N) is 4. The fourth-order valence-electron chi connectivity index (χ4n) is 11.6. The lowest BCUT2D eigenvalue weighted by atomic mass is 9.33. The Kier molecular flexibility index (Phi) is 8.59. The van der Waals surface area contributed by atoms with Gasteiger partial charge in [0.2, 0.25) is 0 Å². The van der Waals surface area contributed by atoms with Crippen molar-refractivity contribution in [2.75, 3.05) is 14.7 Å². The largest absolute Gasteiger partial charge is 0.334 e. The summed E-state index contributed by atoms with van der Waals surface area (Å²) in [6.45, 7) is 19.1. The molecule has 2 unspecified atom stereocenters. The highest BCUT2D eigenvalue weighted by Crippen LogP contribution is 2.62. The van der Waals surface area contributed by atoms with E-state index < -0.39 is 0 Å². The number of anilines is 8. The molecule has 1 saturated carbocycles. The van der Waals surface area contributed by atoms with Gasteiger partial charge in [-0.2, -0.15) is 0 Å². The molecule has 0 bridgehead atoms. The van der Waals surface area contributed by atoms with Crippen LogP contribution in [0.1, 0.15) is 97.8 Å². The Morgan fingerprint density at radius 3 is 1.82 bits per heavy atom. The zero-order chi connectivity index (χ0) is 42.8. The van der Waals surface area contributed by atoms with Gasteiger partial charge in [-0.25, -0.2) is 0 Å². The van der Waals surface area contributed by atoms with Crippen LogP contribution in [0.25, 0.3) is 11.3 Å². The normalized spacial score (nSPS) is 20.0. The summed E-state index contributed by atoms with van der Waals surface area (Å²) in [4.78, 5) is 12.7. The van der Waals surface area contributed by atoms with Gasteiger partial charge >= 0.3 is 0 Å². The lowest BCUT2D eigenvalue weighted by Gasteiger charge is -2.51. The van der Waals surface area contributed by atoms with Gasteiger partial charge < -0.3 is 14.7 Å². The van der Waals surface area contributed by atoms with E-state index in [0.29, 0.717) is 0 Å². The molecule has 1 aromatic heterocycles. The van der Waals surface area contributed by atoms with E-state index >= 15 is 0 Å². The summed E-state index contributed by atoms with van der Waals surface area (Å²) in [5, 5.41) is 0. The van der Waals surface area contributed by atoms with Gasteiger partial charge in [-0.3, -0.25) is 4.98 Å². The predicted octanol–water partition coefficient (Wildman–Crippen LogP) is 13.2. The molecule has 4 aliphatic rings. The van der Waals surface area contributed by atoms with E-state index in [1.165, 1.54) is 97.0 Å². The van der Waals surface area contributed by atoms with Crippen LogP contribution in [-0.4, -0.2) is 17.2 Å². The highest BCUT2D eigenvalue weighted by Gasteiger charge is 2.58. The molecule has 4 heterocycles. The third-order valence-electron chi connectivity index (χ3n) is 15.2. The molecule has 0 N–H and O–H groups in total. The summed E-state index contributed by atoms with van der Waals surface area (Å²) in [5.41, 5.74) is 20.1. The molecule has 1 fully saturated rings. The molecule has 0 radical (unpaired) electrons. The first-order valence-electron chi connectivity index (χ1n) is 22.8. The third-order valence-corrected chi connectivity index (χ3v) is 15.2. The number of rotatable bonds is 4. The standard InChI is InChI=1S/C57H57BN4/c1-54(2,3)39-24-27-42(28-25-39)61-50-30-26-40(55(4,5)6)35-46(50)58-45-20-12-13-22-49(45)60(41-18-10-9-11-19-41)51-36-43(37-52(61)53(51)58)62-48-29-23-38(47-21-14-17-33-59-47)34-44(48)56(7)31-15-16-32-57(56,62)8/h9-14,17-30,33-37H,15-16,31-32H2,1-8H3. The molecule has 62 heavy (non-hydrogen) atoms. The van der Waals surface area contributed by atoms with Crippen molar-refractivity contribution in [2.24, 2.45) is 0 Å². The van der Waals surface area contributed by atoms with E-state index in [2.05, 4.69) is 210 Å². The van der Waals surface area contributed by atoms with Crippen LogP contribution in [0.2, 0.25) is 0 Å². The zero-order valence-electron chi connectivity index (χ0n) is 37.6. The summed E-state index contributed by atoms with van der Waals surface area (Å²) in [6, 6.07) is 55.5. The molecular formula is C57H57BN4. The predicted molar refractivity (Wildman–Crippen MR) is 264 cm³/mol. The highest BCUT2D eigenvalue weighted by molar-refractivity contribution is 7.00. The molecule has 11 rings (SSSR count). The van der Waals surface area contributed by atoms with Crippen LogP contribution >= 0.6 is 0 Å². The van der Waals surface area contributed by atoms with E-state index in [4.69, 9.17) is 4.98 Å². The molecule has 2 atom stereocenters. The van der Waals surface area contributed by atoms with Crippen LogP contribution < -0.4 is 31.1 Å². The van der Waals surface area contributed by atoms with E-state index in [0.717, 1.165) is 18.5 Å². The number of fused-ring (bicyclic) bond motifs is 7. The van der Waals surface area contributed by atoms with E-state index in [1.807, 2.05) is 12.3 Å². The minimum absolute atomic E-state index is 0.00683. The maximum absolute atomic E-state index is 4.80. The van der Waals surface area contributed by atoms with Crippen molar-refractivity contribution < 1.29 is 0 Å². The Morgan fingerprint density at radius 2 is 1.13 bits per heavy atom. The summed E-state index contributed by atoms with van der Waals surface area (Å²) in [6.07, 6.45) is 6.62. The monoisotopic (exact) mass is 808 g/mol. The minimum Gasteiger partial charge on any atom is -0.334 e. The van der Waals surface area contributed by atoms with Gasteiger partial charge in [-0.15, -0.1) is 0 Å². The Balaban J connectivity index is 1.23. The average Bonchev–Trinajstić information content (AvgIpc) is 3.48. The SMILES string of the molecule is CC(C)(C)c1ccc(N2c3ccc(C(C)(C)C)cc3B3c4ccccc4N(c4ccccc4)c4cc(N5c6ccc(-c7ccccn7)cc6C6(C)CCCCC56C)cc2c43)cc1. The Hall–Kier alpha value is -6.07. The van der Waals surface area contributed by atoms with Crippen LogP contribution in [0.4, 0.5) is 45.5 Å².